The summed E-state index contributed by atoms with van der Waals surface area (Å²) in [5, 5.41) is 7.76. The number of aliphatic imine (C=N–C) groups is 1. The van der Waals surface area contributed by atoms with Crippen molar-refractivity contribution < 1.29 is 0 Å². The summed E-state index contributed by atoms with van der Waals surface area (Å²) in [5.41, 5.74) is 0. The Labute approximate surface area is 184 Å². The van der Waals surface area contributed by atoms with Gasteiger partial charge < -0.3 is 15.5 Å². The fraction of sp³-hybridized carbons (Fsp3) is 0.632. The van der Waals surface area contributed by atoms with Gasteiger partial charge in [-0.3, -0.25) is 4.99 Å². The first-order chi connectivity index (χ1) is 12.1. The highest BCUT2D eigenvalue weighted by Crippen LogP contribution is 2.20. The summed E-state index contributed by atoms with van der Waals surface area (Å²) < 4.78 is 0. The minimum Gasteiger partial charge on any atom is -0.357 e. The smallest absolute Gasteiger partial charge is 0.191 e. The van der Waals surface area contributed by atoms with Crippen LogP contribution in [0, 0.1) is 0 Å². The molecule has 1 aromatic carbocycles. The molecule has 0 aromatic heterocycles. The van der Waals surface area contributed by atoms with E-state index in [-0.39, 0.29) is 24.0 Å². The van der Waals surface area contributed by atoms with E-state index < -0.39 is 0 Å². The molecule has 26 heavy (non-hydrogen) atoms. The number of guanidine groups is 1. The van der Waals surface area contributed by atoms with Crippen LogP contribution in [0.15, 0.2) is 34.2 Å². The van der Waals surface area contributed by atoms with Crippen molar-refractivity contribution in [2.75, 3.05) is 31.9 Å². The molecular weight excluding hydrogens is 479 g/mol. The Bertz CT molecular complexity index is 531. The van der Waals surface area contributed by atoms with E-state index in [1.165, 1.54) is 30.8 Å². The average Bonchev–Trinajstić information content (AvgIpc) is 2.61. The fourth-order valence-electron chi connectivity index (χ4n) is 2.93. The van der Waals surface area contributed by atoms with Gasteiger partial charge in [-0.25, -0.2) is 0 Å². The van der Waals surface area contributed by atoms with Crippen molar-refractivity contribution in [3.05, 3.63) is 29.3 Å². The van der Waals surface area contributed by atoms with Crippen molar-refractivity contribution in [2.45, 2.75) is 50.6 Å². The second-order valence-electron chi connectivity index (χ2n) is 6.61. The molecule has 1 heterocycles. The van der Waals surface area contributed by atoms with Crippen LogP contribution in [0.3, 0.4) is 0 Å². The van der Waals surface area contributed by atoms with E-state index in [1.54, 1.807) is 0 Å². The molecule has 1 fully saturated rings. The van der Waals surface area contributed by atoms with Crippen LogP contribution in [0.25, 0.3) is 0 Å². The fourth-order valence-corrected chi connectivity index (χ4v) is 3.80. The maximum atomic E-state index is 5.92. The van der Waals surface area contributed by atoms with Crippen LogP contribution < -0.4 is 10.6 Å². The van der Waals surface area contributed by atoms with Gasteiger partial charge in [0.1, 0.15) is 0 Å². The molecule has 1 aliphatic rings. The van der Waals surface area contributed by atoms with Gasteiger partial charge in [-0.15, -0.1) is 35.7 Å². The number of benzene rings is 1. The van der Waals surface area contributed by atoms with Gasteiger partial charge >= 0.3 is 0 Å². The highest BCUT2D eigenvalue weighted by Gasteiger charge is 2.21. The predicted octanol–water partition coefficient (Wildman–Crippen LogP) is 4.48. The summed E-state index contributed by atoms with van der Waals surface area (Å²) in [6, 6.07) is 9.15. The van der Waals surface area contributed by atoms with Gasteiger partial charge in [0.2, 0.25) is 0 Å². The minimum absolute atomic E-state index is 0. The lowest BCUT2D eigenvalue weighted by molar-refractivity contribution is 0.167. The molecule has 148 valence electrons. The highest BCUT2D eigenvalue weighted by molar-refractivity contribution is 14.0. The van der Waals surface area contributed by atoms with Crippen LogP contribution in [0.5, 0.6) is 0 Å². The molecule has 0 atom stereocenters. The maximum absolute atomic E-state index is 5.92. The Morgan fingerprint density at radius 2 is 1.92 bits per heavy atom. The molecule has 0 saturated carbocycles. The summed E-state index contributed by atoms with van der Waals surface area (Å²) in [6.45, 7) is 10.7. The zero-order valence-corrected chi connectivity index (χ0v) is 19.9. The van der Waals surface area contributed by atoms with Gasteiger partial charge in [0.15, 0.2) is 5.96 Å². The standard InChI is InChI=1S/C19H31ClN4S.HI/c1-4-21-19(23-17-9-12-24(13-10-17)15(2)3)22-11-14-25-18-7-5-16(20)6-8-18;/h5-8,15,17H,4,9-14H2,1-3H3,(H2,21,22,23);1H. The molecule has 1 aromatic rings. The number of hydrogen-bond donors (Lipinski definition) is 2. The molecule has 0 unspecified atom stereocenters. The molecule has 0 radical (unpaired) electrons. The van der Waals surface area contributed by atoms with E-state index in [2.05, 4.69) is 48.4 Å². The third-order valence-corrected chi connectivity index (χ3v) is 5.63. The minimum atomic E-state index is 0. The van der Waals surface area contributed by atoms with Crippen molar-refractivity contribution >= 4 is 53.3 Å². The summed E-state index contributed by atoms with van der Waals surface area (Å²) in [4.78, 5) is 8.51. The first kappa shape index (κ1) is 23.9. The molecule has 4 nitrogen and oxygen atoms in total. The number of nitrogens with one attached hydrogen (secondary N) is 2. The van der Waals surface area contributed by atoms with Gasteiger partial charge in [0.05, 0.1) is 6.54 Å². The van der Waals surface area contributed by atoms with Gasteiger partial charge in [-0.2, -0.15) is 0 Å². The van der Waals surface area contributed by atoms with E-state index >= 15 is 0 Å². The second-order valence-corrected chi connectivity index (χ2v) is 8.22. The number of rotatable bonds is 7. The van der Waals surface area contributed by atoms with Crippen molar-refractivity contribution in [2.24, 2.45) is 4.99 Å². The molecule has 7 heteroatoms. The van der Waals surface area contributed by atoms with E-state index in [1.807, 2.05) is 23.9 Å². The predicted molar refractivity (Wildman–Crippen MR) is 126 cm³/mol. The van der Waals surface area contributed by atoms with Crippen LogP contribution in [-0.4, -0.2) is 54.9 Å². The molecule has 2 rings (SSSR count). The zero-order valence-electron chi connectivity index (χ0n) is 16.0. The highest BCUT2D eigenvalue weighted by atomic mass is 127. The lowest BCUT2D eigenvalue weighted by atomic mass is 10.0. The van der Waals surface area contributed by atoms with Gasteiger partial charge in [-0.05, 0) is 57.9 Å². The summed E-state index contributed by atoms with van der Waals surface area (Å²) in [6.07, 6.45) is 2.37. The van der Waals surface area contributed by atoms with Crippen molar-refractivity contribution in [1.29, 1.82) is 0 Å². The van der Waals surface area contributed by atoms with E-state index in [0.717, 1.165) is 29.8 Å². The maximum Gasteiger partial charge on any atom is 0.191 e. The SMILES string of the molecule is CCNC(=NCCSc1ccc(Cl)cc1)NC1CCN(C(C)C)CC1.I. The molecule has 0 aliphatic carbocycles. The first-order valence-corrected chi connectivity index (χ1v) is 10.6. The monoisotopic (exact) mass is 510 g/mol. The van der Waals surface area contributed by atoms with Crippen LogP contribution in [0.2, 0.25) is 5.02 Å². The Balaban J connectivity index is 0.00000338. The van der Waals surface area contributed by atoms with Crippen molar-refractivity contribution in [3.63, 3.8) is 0 Å². The lowest BCUT2D eigenvalue weighted by Gasteiger charge is -2.35. The normalized spacial score (nSPS) is 16.4. The van der Waals surface area contributed by atoms with Gasteiger partial charge in [0.25, 0.3) is 0 Å². The summed E-state index contributed by atoms with van der Waals surface area (Å²) in [5.74, 6) is 1.91. The quantitative estimate of drug-likeness (QED) is 0.187. The number of piperidine rings is 1. The Kier molecular flexibility index (Phi) is 12.0. The van der Waals surface area contributed by atoms with Gasteiger partial charge in [0, 0.05) is 47.4 Å². The number of thioether (sulfide) groups is 1. The topological polar surface area (TPSA) is 39.7 Å². The Morgan fingerprint density at radius 3 is 2.50 bits per heavy atom. The molecule has 2 N–H and O–H groups in total. The molecule has 0 spiro atoms. The number of halogens is 2. The van der Waals surface area contributed by atoms with E-state index in [4.69, 9.17) is 16.6 Å². The molecule has 1 saturated heterocycles. The zero-order chi connectivity index (χ0) is 18.1. The number of likely N-dealkylation sites (tertiary alicyclic amines) is 1. The Hall–Kier alpha value is -0.180. The lowest BCUT2D eigenvalue weighted by Crippen LogP contribution is -2.49. The van der Waals surface area contributed by atoms with Crippen LogP contribution in [0.4, 0.5) is 0 Å². The first-order valence-electron chi connectivity index (χ1n) is 9.25. The molecule has 0 amide bonds. The molecule has 0 bridgehead atoms. The van der Waals surface area contributed by atoms with Gasteiger partial charge in [-0.1, -0.05) is 11.6 Å². The van der Waals surface area contributed by atoms with E-state index in [9.17, 15) is 0 Å². The largest absolute Gasteiger partial charge is 0.357 e. The summed E-state index contributed by atoms with van der Waals surface area (Å²) >= 11 is 7.73. The summed E-state index contributed by atoms with van der Waals surface area (Å²) in [7, 11) is 0. The Morgan fingerprint density at radius 1 is 1.27 bits per heavy atom. The van der Waals surface area contributed by atoms with E-state index in [0.29, 0.717) is 12.1 Å². The van der Waals surface area contributed by atoms with Crippen molar-refractivity contribution in [3.8, 4) is 0 Å². The third-order valence-electron chi connectivity index (χ3n) is 4.39. The number of hydrogen-bond acceptors (Lipinski definition) is 3. The third kappa shape index (κ3) is 8.67. The van der Waals surface area contributed by atoms with Crippen LogP contribution in [-0.2, 0) is 0 Å². The van der Waals surface area contributed by atoms with Crippen LogP contribution in [0.1, 0.15) is 33.6 Å². The molecule has 1 aliphatic heterocycles. The average molecular weight is 511 g/mol. The molecular formula is C19H32ClIN4S. The number of nitrogens with zero attached hydrogens (tertiary/aromatic N) is 2. The van der Waals surface area contributed by atoms with Crippen molar-refractivity contribution in [1.82, 2.24) is 15.5 Å². The van der Waals surface area contributed by atoms with Crippen LogP contribution >= 0.6 is 47.3 Å². The second kappa shape index (κ2) is 13.1.